The Bertz CT molecular complexity index is 1340. The number of benzene rings is 3. The largest absolute Gasteiger partial charge is 0.321 e. The quantitative estimate of drug-likeness (QED) is 0.548. The summed E-state index contributed by atoms with van der Waals surface area (Å²) >= 11 is 12.4. The van der Waals surface area contributed by atoms with Crippen molar-refractivity contribution in [3.63, 3.8) is 0 Å². The fraction of sp³-hybridized carbons (Fsp3) is 0.0870. The van der Waals surface area contributed by atoms with Crippen LogP contribution < -0.4 is 9.62 Å². The fourth-order valence-electron chi connectivity index (χ4n) is 3.48. The van der Waals surface area contributed by atoms with Crippen molar-refractivity contribution in [2.75, 3.05) is 16.7 Å². The van der Waals surface area contributed by atoms with Gasteiger partial charge >= 0.3 is 0 Å². The van der Waals surface area contributed by atoms with Crippen molar-refractivity contribution in [3.05, 3.63) is 98.4 Å². The SMILES string of the molecule is Cc1ccc(NC(=O)C2=C(c3ccccc3)c3cc(Cl)ccc3N(C)S2(=O)=O)cc1Cl. The molecule has 158 valence electrons. The second-order valence-corrected chi connectivity index (χ2v) is 9.87. The first-order valence-electron chi connectivity index (χ1n) is 9.36. The molecular formula is C23H18Cl2N2O3S. The maximum Gasteiger partial charge on any atom is 0.270 e. The average molecular weight is 473 g/mol. The third-order valence-electron chi connectivity index (χ3n) is 5.11. The van der Waals surface area contributed by atoms with Crippen LogP contribution in [0.25, 0.3) is 5.57 Å². The van der Waals surface area contributed by atoms with Crippen molar-refractivity contribution < 1.29 is 13.2 Å². The molecule has 4 rings (SSSR count). The zero-order chi connectivity index (χ0) is 22.3. The van der Waals surface area contributed by atoms with Crippen molar-refractivity contribution in [3.8, 4) is 0 Å². The summed E-state index contributed by atoms with van der Waals surface area (Å²) in [4.78, 5) is 13.0. The number of aryl methyl sites for hydroxylation is 1. The van der Waals surface area contributed by atoms with Gasteiger partial charge in [0.05, 0.1) is 5.69 Å². The van der Waals surface area contributed by atoms with Crippen LogP contribution >= 0.6 is 23.2 Å². The second kappa shape index (κ2) is 8.04. The molecule has 3 aromatic carbocycles. The van der Waals surface area contributed by atoms with Crippen molar-refractivity contribution in [2.45, 2.75) is 6.92 Å². The molecule has 1 amide bonds. The normalized spacial score (nSPS) is 14.9. The van der Waals surface area contributed by atoms with E-state index < -0.39 is 15.9 Å². The molecule has 1 N–H and O–H groups in total. The Morgan fingerprint density at radius 1 is 0.968 bits per heavy atom. The van der Waals surface area contributed by atoms with Gasteiger partial charge in [0.1, 0.15) is 0 Å². The summed E-state index contributed by atoms with van der Waals surface area (Å²) in [5.41, 5.74) is 3.13. The Kier molecular flexibility index (Phi) is 5.56. The van der Waals surface area contributed by atoms with E-state index in [-0.39, 0.29) is 4.91 Å². The molecule has 0 saturated heterocycles. The number of hydrogen-bond acceptors (Lipinski definition) is 3. The van der Waals surface area contributed by atoms with E-state index in [0.717, 1.165) is 9.87 Å². The highest BCUT2D eigenvalue weighted by atomic mass is 35.5. The fourth-order valence-corrected chi connectivity index (χ4v) is 5.30. The number of anilines is 2. The number of nitrogens with zero attached hydrogens (tertiary/aromatic N) is 1. The van der Waals surface area contributed by atoms with E-state index in [1.54, 1.807) is 60.7 Å². The average Bonchev–Trinajstić information content (AvgIpc) is 2.73. The molecule has 0 saturated carbocycles. The maximum atomic E-state index is 13.4. The maximum absolute atomic E-state index is 13.4. The molecule has 8 heteroatoms. The zero-order valence-corrected chi connectivity index (χ0v) is 19.0. The molecule has 5 nitrogen and oxygen atoms in total. The second-order valence-electron chi connectivity index (χ2n) is 7.12. The van der Waals surface area contributed by atoms with Crippen LogP contribution in [0.2, 0.25) is 10.0 Å². The van der Waals surface area contributed by atoms with Crippen LogP contribution in [0.4, 0.5) is 11.4 Å². The van der Waals surface area contributed by atoms with Crippen LogP contribution in [0, 0.1) is 6.92 Å². The molecule has 0 atom stereocenters. The minimum atomic E-state index is -4.14. The van der Waals surface area contributed by atoms with Gasteiger partial charge in [0, 0.05) is 33.9 Å². The van der Waals surface area contributed by atoms with Gasteiger partial charge in [0.15, 0.2) is 4.91 Å². The highest BCUT2D eigenvalue weighted by Gasteiger charge is 2.39. The van der Waals surface area contributed by atoms with Crippen LogP contribution in [-0.2, 0) is 14.8 Å². The van der Waals surface area contributed by atoms with Gasteiger partial charge in [-0.1, -0.05) is 59.6 Å². The number of halogens is 2. The zero-order valence-electron chi connectivity index (χ0n) is 16.7. The molecule has 1 aliphatic rings. The summed E-state index contributed by atoms with van der Waals surface area (Å²) in [5, 5.41) is 3.58. The smallest absolute Gasteiger partial charge is 0.270 e. The van der Waals surface area contributed by atoms with E-state index >= 15 is 0 Å². The van der Waals surface area contributed by atoms with Crippen LogP contribution in [-0.4, -0.2) is 21.4 Å². The minimum absolute atomic E-state index is 0.298. The van der Waals surface area contributed by atoms with Crippen molar-refractivity contribution in [1.82, 2.24) is 0 Å². The molecule has 0 bridgehead atoms. The van der Waals surface area contributed by atoms with Gasteiger partial charge < -0.3 is 5.32 Å². The molecule has 0 unspecified atom stereocenters. The monoisotopic (exact) mass is 472 g/mol. The lowest BCUT2D eigenvalue weighted by Crippen LogP contribution is -2.37. The Balaban J connectivity index is 1.97. The van der Waals surface area contributed by atoms with E-state index in [0.29, 0.717) is 38.1 Å². The molecule has 3 aromatic rings. The van der Waals surface area contributed by atoms with E-state index in [1.807, 2.05) is 13.0 Å². The number of carbonyl (C=O) groups excluding carboxylic acids is 1. The van der Waals surface area contributed by atoms with Gasteiger partial charge in [-0.25, -0.2) is 8.42 Å². The number of rotatable bonds is 3. The van der Waals surface area contributed by atoms with Gasteiger partial charge in [0.25, 0.3) is 15.9 Å². The van der Waals surface area contributed by atoms with Crippen molar-refractivity contribution in [1.29, 1.82) is 0 Å². The van der Waals surface area contributed by atoms with Gasteiger partial charge in [-0.2, -0.15) is 0 Å². The van der Waals surface area contributed by atoms with Crippen molar-refractivity contribution >= 4 is 56.1 Å². The summed E-state index contributed by atoms with van der Waals surface area (Å²) in [6.45, 7) is 1.84. The molecule has 0 spiro atoms. The highest BCUT2D eigenvalue weighted by Crippen LogP contribution is 2.43. The summed E-state index contributed by atoms with van der Waals surface area (Å²) in [5.74, 6) is -0.753. The first kappa shape index (κ1) is 21.4. The number of carbonyl (C=O) groups is 1. The molecule has 1 aliphatic heterocycles. The van der Waals surface area contributed by atoms with Crippen molar-refractivity contribution in [2.24, 2.45) is 0 Å². The molecular weight excluding hydrogens is 455 g/mol. The first-order valence-corrected chi connectivity index (χ1v) is 11.6. The number of fused-ring (bicyclic) bond motifs is 1. The Labute approximate surface area is 191 Å². The number of sulfonamides is 1. The third-order valence-corrected chi connectivity index (χ3v) is 7.58. The summed E-state index contributed by atoms with van der Waals surface area (Å²) in [6, 6.07) is 18.8. The van der Waals surface area contributed by atoms with E-state index in [9.17, 15) is 13.2 Å². The molecule has 0 aromatic heterocycles. The topological polar surface area (TPSA) is 66.5 Å². The van der Waals surface area contributed by atoms with Crippen LogP contribution in [0.3, 0.4) is 0 Å². The predicted molar refractivity (Wildman–Crippen MR) is 126 cm³/mol. The third kappa shape index (κ3) is 3.83. The first-order chi connectivity index (χ1) is 14.7. The molecule has 0 fully saturated rings. The van der Waals surface area contributed by atoms with Crippen LogP contribution in [0.5, 0.6) is 0 Å². The summed E-state index contributed by atoms with van der Waals surface area (Å²) < 4.78 is 28.0. The van der Waals surface area contributed by atoms with Crippen LogP contribution in [0.1, 0.15) is 16.7 Å². The molecule has 0 radical (unpaired) electrons. The lowest BCUT2D eigenvalue weighted by Gasteiger charge is -2.31. The molecule has 1 heterocycles. The highest BCUT2D eigenvalue weighted by molar-refractivity contribution is 7.97. The Hall–Kier alpha value is -2.80. The van der Waals surface area contributed by atoms with Gasteiger partial charge in [-0.05, 0) is 48.4 Å². The Morgan fingerprint density at radius 2 is 1.68 bits per heavy atom. The lowest BCUT2D eigenvalue weighted by molar-refractivity contribution is -0.112. The lowest BCUT2D eigenvalue weighted by atomic mass is 9.95. The predicted octanol–water partition coefficient (Wildman–Crippen LogP) is 5.48. The van der Waals surface area contributed by atoms with Crippen LogP contribution in [0.15, 0.2) is 71.6 Å². The van der Waals surface area contributed by atoms with E-state index in [1.165, 1.54) is 7.05 Å². The number of nitrogens with one attached hydrogen (secondary N) is 1. The molecule has 0 aliphatic carbocycles. The summed E-state index contributed by atoms with van der Waals surface area (Å²) in [7, 11) is -2.72. The standard InChI is InChI=1S/C23H18Cl2N2O3S/c1-14-8-10-17(13-19(14)25)26-23(28)22-21(15-6-4-3-5-7-15)18-12-16(24)9-11-20(18)27(2)31(22,29)30/h3-13H,1-2H3,(H,26,28). The van der Waals surface area contributed by atoms with E-state index in [4.69, 9.17) is 23.2 Å². The Morgan fingerprint density at radius 3 is 2.35 bits per heavy atom. The number of hydrogen-bond donors (Lipinski definition) is 1. The minimum Gasteiger partial charge on any atom is -0.321 e. The van der Waals surface area contributed by atoms with Gasteiger partial charge in [0.2, 0.25) is 0 Å². The molecule has 31 heavy (non-hydrogen) atoms. The van der Waals surface area contributed by atoms with Gasteiger partial charge in [-0.3, -0.25) is 9.10 Å². The number of amides is 1. The summed E-state index contributed by atoms with van der Waals surface area (Å²) in [6.07, 6.45) is 0. The van der Waals surface area contributed by atoms with Gasteiger partial charge in [-0.15, -0.1) is 0 Å². The van der Waals surface area contributed by atoms with E-state index in [2.05, 4.69) is 5.32 Å².